The zero-order valence-electron chi connectivity index (χ0n) is 9.88. The first kappa shape index (κ1) is 19.5. The van der Waals surface area contributed by atoms with Gasteiger partial charge in [-0.3, -0.25) is 0 Å². The van der Waals surface area contributed by atoms with Crippen LogP contribution in [0.1, 0.15) is 6.92 Å². The fourth-order valence-electron chi connectivity index (χ4n) is 0.797. The summed E-state index contributed by atoms with van der Waals surface area (Å²) >= 11 is 0. The summed E-state index contributed by atoms with van der Waals surface area (Å²) in [6.45, 7) is 3.31. The third-order valence-electron chi connectivity index (χ3n) is 2.02. The maximum atomic E-state index is 12.8. The van der Waals surface area contributed by atoms with Crippen molar-refractivity contribution in [2.45, 2.75) is 37.2 Å². The van der Waals surface area contributed by atoms with Crippen molar-refractivity contribution < 1.29 is 53.4 Å². The number of alkyl halides is 10. The monoisotopic (exact) mass is 336 g/mol. The van der Waals surface area contributed by atoms with Gasteiger partial charge in [0.25, 0.3) is 0 Å². The van der Waals surface area contributed by atoms with Crippen molar-refractivity contribution in [1.29, 1.82) is 0 Å². The Balaban J connectivity index is 5.73. The smallest absolute Gasteiger partial charge is 0.393 e. The molecule has 0 atom stereocenters. The Labute approximate surface area is 110 Å². The van der Waals surface area contributed by atoms with Crippen molar-refractivity contribution in [2.24, 2.45) is 0 Å². The molecule has 0 aliphatic rings. The molecular formula is C9H6F10O2. The Morgan fingerprint density at radius 3 is 1.62 bits per heavy atom. The summed E-state index contributed by atoms with van der Waals surface area (Å²) in [5, 5.41) is 0. The van der Waals surface area contributed by atoms with E-state index in [1.165, 1.54) is 0 Å². The van der Waals surface area contributed by atoms with E-state index < -0.39 is 41.8 Å². The molecule has 0 radical (unpaired) electrons. The quantitative estimate of drug-likeness (QED) is 0.418. The van der Waals surface area contributed by atoms with Crippen molar-refractivity contribution in [2.75, 3.05) is 0 Å². The largest absolute Gasteiger partial charge is 0.473 e. The first-order valence-electron chi connectivity index (χ1n) is 4.70. The SMILES string of the molecule is C=C(C)C(=O)OC(F)(F)C(F)(F)C(F)(F)C(F)(F)C(F)F. The highest BCUT2D eigenvalue weighted by atomic mass is 19.4. The number of rotatable bonds is 6. The molecule has 0 N–H and O–H groups in total. The Hall–Kier alpha value is -1.49. The molecule has 0 aliphatic carbocycles. The molecule has 21 heavy (non-hydrogen) atoms. The van der Waals surface area contributed by atoms with E-state index >= 15 is 0 Å². The van der Waals surface area contributed by atoms with Gasteiger partial charge in [-0.2, -0.15) is 35.1 Å². The lowest BCUT2D eigenvalue weighted by atomic mass is 10.0. The third-order valence-corrected chi connectivity index (χ3v) is 2.02. The van der Waals surface area contributed by atoms with Crippen LogP contribution in [0.15, 0.2) is 12.2 Å². The molecule has 0 spiro atoms. The second-order valence-electron chi connectivity index (χ2n) is 3.76. The molecule has 0 aromatic heterocycles. The zero-order chi connectivity index (χ0) is 17.4. The molecular weight excluding hydrogens is 330 g/mol. The summed E-state index contributed by atoms with van der Waals surface area (Å²) < 4.78 is 127. The predicted octanol–water partition coefficient (Wildman–Crippen LogP) is 3.87. The summed E-state index contributed by atoms with van der Waals surface area (Å²) in [4.78, 5) is 10.6. The van der Waals surface area contributed by atoms with Gasteiger partial charge in [0.05, 0.1) is 0 Å². The van der Waals surface area contributed by atoms with Crippen LogP contribution >= 0.6 is 0 Å². The Kier molecular flexibility index (Phi) is 4.99. The third kappa shape index (κ3) is 3.07. The average molecular weight is 336 g/mol. The lowest BCUT2D eigenvalue weighted by molar-refractivity contribution is -0.425. The lowest BCUT2D eigenvalue weighted by Crippen LogP contribution is -2.65. The van der Waals surface area contributed by atoms with Gasteiger partial charge in [-0.05, 0) is 6.92 Å². The molecule has 124 valence electrons. The van der Waals surface area contributed by atoms with Crippen molar-refractivity contribution in [1.82, 2.24) is 0 Å². The maximum absolute atomic E-state index is 12.8. The number of ether oxygens (including phenoxy) is 1. The molecule has 0 aromatic carbocycles. The highest BCUT2D eigenvalue weighted by Gasteiger charge is 2.84. The number of carbonyl (C=O) groups excluding carboxylic acids is 1. The molecule has 0 rings (SSSR count). The van der Waals surface area contributed by atoms with Gasteiger partial charge < -0.3 is 4.74 Å². The molecule has 0 heterocycles. The van der Waals surface area contributed by atoms with Crippen LogP contribution in [-0.4, -0.2) is 36.3 Å². The van der Waals surface area contributed by atoms with Gasteiger partial charge in [0.2, 0.25) is 0 Å². The molecule has 12 heteroatoms. The van der Waals surface area contributed by atoms with Gasteiger partial charge in [-0.15, -0.1) is 0 Å². The number of hydrogen-bond donors (Lipinski definition) is 0. The number of halogens is 10. The maximum Gasteiger partial charge on any atom is 0.473 e. The van der Waals surface area contributed by atoms with Crippen LogP contribution in [0.3, 0.4) is 0 Å². The molecule has 0 unspecified atom stereocenters. The van der Waals surface area contributed by atoms with E-state index in [-0.39, 0.29) is 0 Å². The normalized spacial score (nSPS) is 14.3. The molecule has 0 saturated heterocycles. The van der Waals surface area contributed by atoms with E-state index in [1.54, 1.807) is 0 Å². The van der Waals surface area contributed by atoms with Crippen LogP contribution in [0.2, 0.25) is 0 Å². The number of esters is 1. The highest BCUT2D eigenvalue weighted by Crippen LogP contribution is 2.54. The number of hydrogen-bond acceptors (Lipinski definition) is 2. The average Bonchev–Trinajstić information content (AvgIpc) is 2.26. The summed E-state index contributed by atoms with van der Waals surface area (Å²) in [5.41, 5.74) is -0.950. The summed E-state index contributed by atoms with van der Waals surface area (Å²) in [6.07, 6.45) is -11.9. The molecule has 0 saturated carbocycles. The van der Waals surface area contributed by atoms with Crippen LogP contribution in [-0.2, 0) is 9.53 Å². The number of carbonyl (C=O) groups is 1. The first-order valence-corrected chi connectivity index (χ1v) is 4.70. The molecule has 0 bridgehead atoms. The van der Waals surface area contributed by atoms with E-state index in [1.807, 2.05) is 0 Å². The summed E-state index contributed by atoms with van der Waals surface area (Å²) in [6, 6.07) is 0. The lowest BCUT2D eigenvalue weighted by Gasteiger charge is -2.35. The second kappa shape index (κ2) is 5.37. The van der Waals surface area contributed by atoms with E-state index in [2.05, 4.69) is 11.3 Å². The Morgan fingerprint density at radius 1 is 0.952 bits per heavy atom. The molecule has 0 aliphatic heterocycles. The van der Waals surface area contributed by atoms with Crippen molar-refractivity contribution in [3.8, 4) is 0 Å². The predicted molar refractivity (Wildman–Crippen MR) is 46.7 cm³/mol. The second-order valence-corrected chi connectivity index (χ2v) is 3.76. The van der Waals surface area contributed by atoms with Crippen LogP contribution in [0.25, 0.3) is 0 Å². The van der Waals surface area contributed by atoms with Gasteiger partial charge in [-0.1, -0.05) is 6.58 Å². The Bertz CT molecular complexity index is 428. The van der Waals surface area contributed by atoms with Crippen LogP contribution in [0, 0.1) is 0 Å². The van der Waals surface area contributed by atoms with Gasteiger partial charge in [0.15, 0.2) is 0 Å². The van der Waals surface area contributed by atoms with Crippen LogP contribution in [0.5, 0.6) is 0 Å². The fourth-order valence-corrected chi connectivity index (χ4v) is 0.797. The van der Waals surface area contributed by atoms with Crippen molar-refractivity contribution in [3.05, 3.63) is 12.2 Å². The summed E-state index contributed by atoms with van der Waals surface area (Å²) in [7, 11) is 0. The standard InChI is InChI=1S/C9H6F10O2/c1-3(2)4(20)21-9(18,19)8(16,17)7(14,15)6(12,13)5(10)11/h5H,1H2,2H3. The highest BCUT2D eigenvalue weighted by molar-refractivity contribution is 5.87. The van der Waals surface area contributed by atoms with E-state index in [9.17, 15) is 48.7 Å². The fraction of sp³-hybridized carbons (Fsp3) is 0.667. The van der Waals surface area contributed by atoms with E-state index in [0.29, 0.717) is 6.92 Å². The van der Waals surface area contributed by atoms with Crippen molar-refractivity contribution in [3.63, 3.8) is 0 Å². The van der Waals surface area contributed by atoms with Gasteiger partial charge >= 0.3 is 36.3 Å². The molecule has 0 fully saturated rings. The topological polar surface area (TPSA) is 26.3 Å². The van der Waals surface area contributed by atoms with Crippen molar-refractivity contribution >= 4 is 5.97 Å². The Morgan fingerprint density at radius 2 is 1.33 bits per heavy atom. The summed E-state index contributed by atoms with van der Waals surface area (Å²) in [5.74, 6) is -23.4. The molecule has 0 amide bonds. The molecule has 2 nitrogen and oxygen atoms in total. The van der Waals surface area contributed by atoms with Crippen LogP contribution < -0.4 is 0 Å². The van der Waals surface area contributed by atoms with E-state index in [4.69, 9.17) is 0 Å². The minimum Gasteiger partial charge on any atom is -0.393 e. The van der Waals surface area contributed by atoms with Gasteiger partial charge in [-0.25, -0.2) is 13.6 Å². The first-order chi connectivity index (χ1) is 9.02. The van der Waals surface area contributed by atoms with Gasteiger partial charge in [0.1, 0.15) is 0 Å². The van der Waals surface area contributed by atoms with Gasteiger partial charge in [0, 0.05) is 5.57 Å². The minimum atomic E-state index is -7.20. The minimum absolute atomic E-state index is 0.655. The molecule has 0 aromatic rings. The zero-order valence-corrected chi connectivity index (χ0v) is 9.88. The van der Waals surface area contributed by atoms with E-state index in [0.717, 1.165) is 0 Å². The van der Waals surface area contributed by atoms with Crippen LogP contribution in [0.4, 0.5) is 43.9 Å².